The molecule has 0 aliphatic rings. The normalized spacial score (nSPS) is 12.3. The van der Waals surface area contributed by atoms with Gasteiger partial charge in [-0.05, 0) is 12.5 Å². The van der Waals surface area contributed by atoms with Crippen molar-refractivity contribution in [2.24, 2.45) is 0 Å². The Bertz CT molecular complexity index is 539. The molecule has 1 aromatic heterocycles. The van der Waals surface area contributed by atoms with Crippen LogP contribution < -0.4 is 5.32 Å². The SMILES string of the molecule is CC(NCCc1cnc[nH]1)c1cccc([N+](=O)[O-])c1. The van der Waals surface area contributed by atoms with Crippen LogP contribution in [0.4, 0.5) is 5.69 Å². The van der Waals surface area contributed by atoms with Crippen molar-refractivity contribution in [3.8, 4) is 0 Å². The molecule has 2 rings (SSSR count). The number of imidazole rings is 1. The van der Waals surface area contributed by atoms with Gasteiger partial charge in [0, 0.05) is 43.0 Å². The first-order valence-corrected chi connectivity index (χ1v) is 6.12. The van der Waals surface area contributed by atoms with E-state index in [2.05, 4.69) is 15.3 Å². The van der Waals surface area contributed by atoms with Gasteiger partial charge >= 0.3 is 0 Å². The minimum atomic E-state index is -0.374. The number of hydrogen-bond donors (Lipinski definition) is 2. The number of nitro groups is 1. The molecular weight excluding hydrogens is 244 g/mol. The lowest BCUT2D eigenvalue weighted by molar-refractivity contribution is -0.384. The topological polar surface area (TPSA) is 83.8 Å². The molecule has 1 atom stereocenters. The molecule has 0 amide bonds. The van der Waals surface area contributed by atoms with E-state index in [0.29, 0.717) is 0 Å². The molecule has 1 heterocycles. The van der Waals surface area contributed by atoms with E-state index in [9.17, 15) is 10.1 Å². The van der Waals surface area contributed by atoms with Crippen molar-refractivity contribution in [2.75, 3.05) is 6.54 Å². The molecule has 6 heteroatoms. The van der Waals surface area contributed by atoms with Crippen molar-refractivity contribution in [1.82, 2.24) is 15.3 Å². The van der Waals surface area contributed by atoms with E-state index in [4.69, 9.17) is 0 Å². The molecule has 1 unspecified atom stereocenters. The van der Waals surface area contributed by atoms with E-state index in [1.54, 1.807) is 24.7 Å². The number of nitrogens with one attached hydrogen (secondary N) is 2. The molecule has 6 nitrogen and oxygen atoms in total. The van der Waals surface area contributed by atoms with Crippen molar-refractivity contribution < 1.29 is 4.92 Å². The lowest BCUT2D eigenvalue weighted by Gasteiger charge is -2.13. The van der Waals surface area contributed by atoms with Crippen LogP contribution in [0, 0.1) is 10.1 Å². The van der Waals surface area contributed by atoms with Crippen LogP contribution in [0.3, 0.4) is 0 Å². The van der Waals surface area contributed by atoms with Gasteiger partial charge in [-0.1, -0.05) is 12.1 Å². The summed E-state index contributed by atoms with van der Waals surface area (Å²) in [4.78, 5) is 17.3. The van der Waals surface area contributed by atoms with Crippen LogP contribution in [0.5, 0.6) is 0 Å². The number of nitrogens with zero attached hydrogens (tertiary/aromatic N) is 2. The zero-order chi connectivity index (χ0) is 13.7. The second-order valence-corrected chi connectivity index (χ2v) is 4.35. The molecule has 0 aliphatic carbocycles. The van der Waals surface area contributed by atoms with Crippen molar-refractivity contribution in [3.05, 3.63) is 58.2 Å². The Kier molecular flexibility index (Phi) is 4.25. The summed E-state index contributed by atoms with van der Waals surface area (Å²) in [6, 6.07) is 6.78. The third kappa shape index (κ3) is 3.62. The van der Waals surface area contributed by atoms with E-state index in [1.807, 2.05) is 13.0 Å². The summed E-state index contributed by atoms with van der Waals surface area (Å²) in [7, 11) is 0. The first kappa shape index (κ1) is 13.2. The molecule has 0 fully saturated rings. The molecule has 2 aromatic rings. The summed E-state index contributed by atoms with van der Waals surface area (Å²) in [5.41, 5.74) is 2.11. The van der Waals surface area contributed by atoms with Gasteiger partial charge in [-0.3, -0.25) is 10.1 Å². The molecule has 1 aromatic carbocycles. The second kappa shape index (κ2) is 6.10. The number of nitro benzene ring substituents is 1. The average molecular weight is 260 g/mol. The van der Waals surface area contributed by atoms with E-state index < -0.39 is 0 Å². The predicted octanol–water partition coefficient (Wildman–Crippen LogP) is 2.21. The molecule has 0 bridgehead atoms. The molecule has 0 aliphatic heterocycles. The highest BCUT2D eigenvalue weighted by molar-refractivity contribution is 5.35. The first-order chi connectivity index (χ1) is 9.16. The van der Waals surface area contributed by atoms with Crippen LogP contribution in [-0.4, -0.2) is 21.4 Å². The molecular formula is C13H16N4O2. The van der Waals surface area contributed by atoms with Gasteiger partial charge in [0.25, 0.3) is 5.69 Å². The summed E-state index contributed by atoms with van der Waals surface area (Å²) in [6.07, 6.45) is 4.29. The van der Waals surface area contributed by atoms with Crippen LogP contribution >= 0.6 is 0 Å². The summed E-state index contributed by atoms with van der Waals surface area (Å²) in [5.74, 6) is 0. The van der Waals surface area contributed by atoms with Gasteiger partial charge in [-0.25, -0.2) is 4.98 Å². The number of H-pyrrole nitrogens is 1. The van der Waals surface area contributed by atoms with Crippen LogP contribution in [0.15, 0.2) is 36.8 Å². The number of benzene rings is 1. The van der Waals surface area contributed by atoms with Gasteiger partial charge in [0.15, 0.2) is 0 Å². The van der Waals surface area contributed by atoms with Gasteiger partial charge in [0.2, 0.25) is 0 Å². The molecule has 19 heavy (non-hydrogen) atoms. The van der Waals surface area contributed by atoms with Gasteiger partial charge in [0.05, 0.1) is 11.3 Å². The Labute approximate surface area is 111 Å². The Morgan fingerprint density at radius 1 is 1.53 bits per heavy atom. The number of aromatic nitrogens is 2. The molecule has 0 saturated carbocycles. The predicted molar refractivity (Wildman–Crippen MR) is 71.8 cm³/mol. The lowest BCUT2D eigenvalue weighted by atomic mass is 10.1. The van der Waals surface area contributed by atoms with Crippen LogP contribution in [0.1, 0.15) is 24.2 Å². The number of rotatable bonds is 6. The van der Waals surface area contributed by atoms with Crippen LogP contribution in [-0.2, 0) is 6.42 Å². The number of aromatic amines is 1. The average Bonchev–Trinajstić information content (AvgIpc) is 2.92. The van der Waals surface area contributed by atoms with Gasteiger partial charge in [-0.15, -0.1) is 0 Å². The maximum absolute atomic E-state index is 10.7. The highest BCUT2D eigenvalue weighted by atomic mass is 16.6. The quantitative estimate of drug-likeness (QED) is 0.616. The monoisotopic (exact) mass is 260 g/mol. The Balaban J connectivity index is 1.90. The Morgan fingerprint density at radius 3 is 3.05 bits per heavy atom. The van der Waals surface area contributed by atoms with Crippen LogP contribution in [0.2, 0.25) is 0 Å². The van der Waals surface area contributed by atoms with Gasteiger partial charge in [0.1, 0.15) is 0 Å². The highest BCUT2D eigenvalue weighted by Gasteiger charge is 2.10. The number of non-ortho nitro benzene ring substituents is 1. The minimum Gasteiger partial charge on any atom is -0.348 e. The molecule has 0 saturated heterocycles. The lowest BCUT2D eigenvalue weighted by Crippen LogP contribution is -2.21. The third-order valence-electron chi connectivity index (χ3n) is 2.98. The number of hydrogen-bond acceptors (Lipinski definition) is 4. The van der Waals surface area contributed by atoms with Crippen molar-refractivity contribution in [2.45, 2.75) is 19.4 Å². The first-order valence-electron chi connectivity index (χ1n) is 6.12. The standard InChI is InChI=1S/C13H16N4O2/c1-10(15-6-5-12-8-14-9-16-12)11-3-2-4-13(7-11)17(18)19/h2-4,7-10,15H,5-6H2,1H3,(H,14,16). The van der Waals surface area contributed by atoms with Crippen molar-refractivity contribution in [3.63, 3.8) is 0 Å². The van der Waals surface area contributed by atoms with E-state index in [-0.39, 0.29) is 16.7 Å². The summed E-state index contributed by atoms with van der Waals surface area (Å²) in [5, 5.41) is 14.1. The summed E-state index contributed by atoms with van der Waals surface area (Å²) in [6.45, 7) is 2.78. The van der Waals surface area contributed by atoms with Gasteiger partial charge in [-0.2, -0.15) is 0 Å². The van der Waals surface area contributed by atoms with E-state index in [1.165, 1.54) is 6.07 Å². The van der Waals surface area contributed by atoms with E-state index in [0.717, 1.165) is 24.2 Å². The minimum absolute atomic E-state index is 0.0721. The zero-order valence-corrected chi connectivity index (χ0v) is 10.7. The Morgan fingerprint density at radius 2 is 2.37 bits per heavy atom. The molecule has 100 valence electrons. The fraction of sp³-hybridized carbons (Fsp3) is 0.308. The second-order valence-electron chi connectivity index (χ2n) is 4.35. The third-order valence-corrected chi connectivity index (χ3v) is 2.98. The van der Waals surface area contributed by atoms with E-state index >= 15 is 0 Å². The largest absolute Gasteiger partial charge is 0.348 e. The van der Waals surface area contributed by atoms with Crippen molar-refractivity contribution >= 4 is 5.69 Å². The van der Waals surface area contributed by atoms with Gasteiger partial charge < -0.3 is 10.3 Å². The summed E-state index contributed by atoms with van der Waals surface area (Å²) < 4.78 is 0. The maximum Gasteiger partial charge on any atom is 0.269 e. The highest BCUT2D eigenvalue weighted by Crippen LogP contribution is 2.18. The smallest absolute Gasteiger partial charge is 0.269 e. The fourth-order valence-electron chi connectivity index (χ4n) is 1.87. The zero-order valence-electron chi connectivity index (χ0n) is 10.7. The summed E-state index contributed by atoms with van der Waals surface area (Å²) >= 11 is 0. The Hall–Kier alpha value is -2.21. The molecule has 2 N–H and O–H groups in total. The van der Waals surface area contributed by atoms with Crippen molar-refractivity contribution in [1.29, 1.82) is 0 Å². The fourth-order valence-corrected chi connectivity index (χ4v) is 1.87. The molecule has 0 radical (unpaired) electrons. The van der Waals surface area contributed by atoms with Crippen LogP contribution in [0.25, 0.3) is 0 Å². The molecule has 0 spiro atoms. The maximum atomic E-state index is 10.7.